The van der Waals surface area contributed by atoms with Crippen molar-refractivity contribution in [1.82, 2.24) is 0 Å². The van der Waals surface area contributed by atoms with E-state index >= 15 is 0 Å². The molecular weight excluding hydrogens is 392 g/mol. The third-order valence-electron chi connectivity index (χ3n) is 5.70. The van der Waals surface area contributed by atoms with Crippen molar-refractivity contribution in [3.8, 4) is 23.0 Å². The normalized spacial score (nSPS) is 19.7. The lowest BCUT2D eigenvalue weighted by molar-refractivity contribution is -0.735. The average Bonchev–Trinajstić information content (AvgIpc) is 3.28. The molecular formula is C25H25N2O4+. The van der Waals surface area contributed by atoms with E-state index in [0.717, 1.165) is 39.7 Å². The molecule has 2 heterocycles. The van der Waals surface area contributed by atoms with E-state index in [1.54, 1.807) is 6.07 Å². The maximum atomic E-state index is 10.5. The van der Waals surface area contributed by atoms with Crippen LogP contribution in [0.5, 0.6) is 23.0 Å². The predicted octanol–water partition coefficient (Wildman–Crippen LogP) is 3.72. The molecule has 0 saturated carbocycles. The van der Waals surface area contributed by atoms with E-state index in [4.69, 9.17) is 19.2 Å². The summed E-state index contributed by atoms with van der Waals surface area (Å²) in [7, 11) is 0. The van der Waals surface area contributed by atoms with Gasteiger partial charge in [-0.05, 0) is 55.0 Å². The Labute approximate surface area is 181 Å². The van der Waals surface area contributed by atoms with Crippen LogP contribution in [0.2, 0.25) is 0 Å². The number of hydrogen-bond donors (Lipinski definition) is 2. The highest BCUT2D eigenvalue weighted by Crippen LogP contribution is 2.36. The number of aliphatic imine (C=N–C) groups is 1. The molecule has 2 unspecified atom stereocenters. The summed E-state index contributed by atoms with van der Waals surface area (Å²) in [5, 5.41) is 12.7. The highest BCUT2D eigenvalue weighted by molar-refractivity contribution is 6.01. The number of phenolic OH excluding ortho intramolecular Hbond substituents is 1. The van der Waals surface area contributed by atoms with Crippen molar-refractivity contribution in [2.45, 2.75) is 25.6 Å². The first-order valence-electron chi connectivity index (χ1n) is 10.5. The molecule has 5 rings (SSSR count). The summed E-state index contributed by atoms with van der Waals surface area (Å²) in [5.74, 6) is 2.62. The van der Waals surface area contributed by atoms with Crippen molar-refractivity contribution >= 4 is 5.71 Å². The number of phenols is 1. The monoisotopic (exact) mass is 417 g/mol. The van der Waals surface area contributed by atoms with Gasteiger partial charge in [-0.3, -0.25) is 0 Å². The molecule has 0 fully saturated rings. The fraction of sp³-hybridized carbons (Fsp3) is 0.240. The number of aromatic hydroxyl groups is 1. The van der Waals surface area contributed by atoms with Gasteiger partial charge >= 0.3 is 0 Å². The number of fused-ring (bicyclic) bond motifs is 1. The topological polar surface area (TPSA) is 76.9 Å². The quantitative estimate of drug-likeness (QED) is 0.663. The van der Waals surface area contributed by atoms with E-state index in [-0.39, 0.29) is 19.0 Å². The molecule has 3 aromatic rings. The maximum Gasteiger partial charge on any atom is 0.231 e. The zero-order valence-electron chi connectivity index (χ0n) is 17.3. The maximum absolute atomic E-state index is 10.5. The van der Waals surface area contributed by atoms with Gasteiger partial charge in [0.05, 0.1) is 23.4 Å². The first kappa shape index (κ1) is 19.5. The number of ether oxygens (including phenoxy) is 3. The summed E-state index contributed by atoms with van der Waals surface area (Å²) in [4.78, 5) is 5.10. The van der Waals surface area contributed by atoms with Crippen LogP contribution in [0.25, 0.3) is 0 Å². The second-order valence-electron chi connectivity index (χ2n) is 7.62. The van der Waals surface area contributed by atoms with E-state index < -0.39 is 0 Å². The van der Waals surface area contributed by atoms with E-state index in [1.807, 2.05) is 61.5 Å². The second-order valence-corrected chi connectivity index (χ2v) is 7.62. The Morgan fingerprint density at radius 1 is 1.00 bits per heavy atom. The van der Waals surface area contributed by atoms with Crippen LogP contribution < -0.4 is 19.5 Å². The molecule has 0 saturated heterocycles. The molecule has 0 aliphatic carbocycles. The van der Waals surface area contributed by atoms with Crippen LogP contribution in [-0.4, -0.2) is 24.2 Å². The zero-order valence-corrected chi connectivity index (χ0v) is 17.3. The Kier molecular flexibility index (Phi) is 5.22. The molecule has 3 N–H and O–H groups in total. The van der Waals surface area contributed by atoms with Crippen molar-refractivity contribution in [2.75, 3.05) is 13.4 Å². The molecule has 6 nitrogen and oxygen atoms in total. The molecule has 0 aromatic heterocycles. The first-order valence-corrected chi connectivity index (χ1v) is 10.5. The molecule has 0 radical (unpaired) electrons. The lowest BCUT2D eigenvalue weighted by Crippen LogP contribution is -2.87. The molecule has 2 aliphatic heterocycles. The fourth-order valence-electron chi connectivity index (χ4n) is 4.23. The van der Waals surface area contributed by atoms with Crippen molar-refractivity contribution in [3.63, 3.8) is 0 Å². The van der Waals surface area contributed by atoms with E-state index in [0.29, 0.717) is 18.8 Å². The molecule has 2 atom stereocenters. The predicted molar refractivity (Wildman–Crippen MR) is 117 cm³/mol. The lowest BCUT2D eigenvalue weighted by Gasteiger charge is -2.28. The smallest absolute Gasteiger partial charge is 0.231 e. The molecule has 0 spiro atoms. The third kappa shape index (κ3) is 3.82. The van der Waals surface area contributed by atoms with Gasteiger partial charge in [0, 0.05) is 6.42 Å². The van der Waals surface area contributed by atoms with Gasteiger partial charge in [-0.1, -0.05) is 24.3 Å². The van der Waals surface area contributed by atoms with Crippen molar-refractivity contribution in [3.05, 3.63) is 83.4 Å². The lowest BCUT2D eigenvalue weighted by atomic mass is 9.93. The number of hydrogen-bond acceptors (Lipinski definition) is 5. The zero-order chi connectivity index (χ0) is 21.2. The van der Waals surface area contributed by atoms with E-state index in [9.17, 15) is 5.11 Å². The number of nitrogens with zero attached hydrogens (tertiary/aromatic N) is 1. The van der Waals surface area contributed by atoms with Crippen LogP contribution in [-0.2, 0) is 0 Å². The number of rotatable bonds is 5. The third-order valence-corrected chi connectivity index (χ3v) is 5.70. The molecule has 31 heavy (non-hydrogen) atoms. The van der Waals surface area contributed by atoms with Gasteiger partial charge in [0.15, 0.2) is 11.5 Å². The SMILES string of the molecule is CCOc1ccccc1C1N=C(c2ccc3c(c2)OCO3)CC(c2ccccc2O)[NH2+]1. The molecule has 0 bridgehead atoms. The highest BCUT2D eigenvalue weighted by atomic mass is 16.7. The van der Waals surface area contributed by atoms with Crippen LogP contribution in [0.4, 0.5) is 0 Å². The fourth-order valence-corrected chi connectivity index (χ4v) is 4.23. The average molecular weight is 417 g/mol. The number of quaternary nitrogens is 1. The van der Waals surface area contributed by atoms with Crippen LogP contribution >= 0.6 is 0 Å². The Morgan fingerprint density at radius 3 is 2.61 bits per heavy atom. The van der Waals surface area contributed by atoms with Gasteiger partial charge in [-0.25, -0.2) is 4.99 Å². The van der Waals surface area contributed by atoms with E-state index in [1.165, 1.54) is 0 Å². The number of benzene rings is 3. The molecule has 3 aromatic carbocycles. The standard InChI is InChI=1S/C25H24N2O4/c1-2-29-22-10-6-4-8-18(22)25-26-19(16-11-12-23-24(13-16)31-15-30-23)14-20(27-25)17-7-3-5-9-21(17)28/h3-13,20,25,27-28H,2,14-15H2,1H3/p+1. The van der Waals surface area contributed by atoms with Gasteiger partial charge < -0.3 is 24.6 Å². The Bertz CT molecular complexity index is 1130. The van der Waals surface area contributed by atoms with Crippen molar-refractivity contribution in [1.29, 1.82) is 0 Å². The number of para-hydroxylation sites is 2. The summed E-state index contributed by atoms with van der Waals surface area (Å²) in [6, 6.07) is 21.5. The van der Waals surface area contributed by atoms with Gasteiger partial charge in [-0.15, -0.1) is 0 Å². The molecule has 2 aliphatic rings. The summed E-state index contributed by atoms with van der Waals surface area (Å²) in [6.45, 7) is 2.81. The van der Waals surface area contributed by atoms with Gasteiger partial charge in [0.1, 0.15) is 17.5 Å². The largest absolute Gasteiger partial charge is 0.507 e. The van der Waals surface area contributed by atoms with Crippen molar-refractivity contribution in [2.24, 2.45) is 4.99 Å². The number of nitrogens with two attached hydrogens (primary N) is 1. The molecule has 0 amide bonds. The molecule has 158 valence electrons. The summed E-state index contributed by atoms with van der Waals surface area (Å²) in [6.07, 6.45) is 0.492. The van der Waals surface area contributed by atoms with E-state index in [2.05, 4.69) is 11.4 Å². The Hall–Kier alpha value is -3.51. The van der Waals surface area contributed by atoms with Crippen LogP contribution in [0, 0.1) is 0 Å². The van der Waals surface area contributed by atoms with Crippen LogP contribution in [0.3, 0.4) is 0 Å². The summed E-state index contributed by atoms with van der Waals surface area (Å²) < 4.78 is 16.9. The van der Waals surface area contributed by atoms with Gasteiger partial charge in [0.25, 0.3) is 0 Å². The minimum Gasteiger partial charge on any atom is -0.507 e. The Morgan fingerprint density at radius 2 is 1.77 bits per heavy atom. The van der Waals surface area contributed by atoms with Gasteiger partial charge in [-0.2, -0.15) is 0 Å². The summed E-state index contributed by atoms with van der Waals surface area (Å²) >= 11 is 0. The van der Waals surface area contributed by atoms with Crippen molar-refractivity contribution < 1.29 is 24.6 Å². The van der Waals surface area contributed by atoms with Gasteiger partial charge in [0.2, 0.25) is 13.0 Å². The minimum absolute atomic E-state index is 0.0128. The van der Waals surface area contributed by atoms with Crippen LogP contribution in [0.15, 0.2) is 71.7 Å². The summed E-state index contributed by atoms with van der Waals surface area (Å²) in [5.41, 5.74) is 3.87. The minimum atomic E-state index is -0.193. The first-order chi connectivity index (χ1) is 15.2. The Balaban J connectivity index is 1.58. The highest BCUT2D eigenvalue weighted by Gasteiger charge is 2.33. The molecule has 6 heteroatoms. The van der Waals surface area contributed by atoms with Crippen LogP contribution in [0.1, 0.15) is 42.2 Å². The second kappa shape index (κ2) is 8.32.